The topological polar surface area (TPSA) is 33.0 Å². The molecule has 0 spiro atoms. The molecule has 0 aliphatic heterocycles. The monoisotopic (exact) mass is 207 g/mol. The molecular formula is C11H13NOS. The average Bonchev–Trinajstić information content (AvgIpc) is 2.14. The molecule has 1 aromatic carbocycles. The van der Waals surface area contributed by atoms with Crippen molar-refractivity contribution < 1.29 is 4.74 Å². The van der Waals surface area contributed by atoms with Crippen molar-refractivity contribution in [3.63, 3.8) is 0 Å². The van der Waals surface area contributed by atoms with Crippen molar-refractivity contribution in [1.82, 2.24) is 0 Å². The van der Waals surface area contributed by atoms with Gasteiger partial charge in [0, 0.05) is 0 Å². The van der Waals surface area contributed by atoms with E-state index in [0.717, 1.165) is 16.2 Å². The lowest BCUT2D eigenvalue weighted by Gasteiger charge is -2.10. The van der Waals surface area contributed by atoms with Gasteiger partial charge in [0.15, 0.2) is 0 Å². The zero-order valence-corrected chi connectivity index (χ0v) is 9.44. The van der Waals surface area contributed by atoms with Gasteiger partial charge in [-0.3, -0.25) is 0 Å². The largest absolute Gasteiger partial charge is 0.495 e. The molecule has 0 aliphatic carbocycles. The minimum Gasteiger partial charge on any atom is -0.495 e. The van der Waals surface area contributed by atoms with Gasteiger partial charge in [-0.05, 0) is 31.0 Å². The smallest absolute Gasteiger partial charge is 0.135 e. The van der Waals surface area contributed by atoms with Gasteiger partial charge in [0.05, 0.1) is 23.8 Å². The Balaban J connectivity index is 3.06. The maximum absolute atomic E-state index is 8.52. The lowest BCUT2D eigenvalue weighted by atomic mass is 10.1. The molecule has 0 aromatic heterocycles. The Kier molecular flexibility index (Phi) is 3.84. The van der Waals surface area contributed by atoms with Gasteiger partial charge in [0.2, 0.25) is 0 Å². The Morgan fingerprint density at radius 1 is 1.43 bits per heavy atom. The average molecular weight is 207 g/mol. The number of rotatable bonds is 3. The number of methoxy groups -OCH3 is 1. The Morgan fingerprint density at radius 3 is 2.71 bits per heavy atom. The van der Waals surface area contributed by atoms with E-state index in [0.29, 0.717) is 5.75 Å². The van der Waals surface area contributed by atoms with Crippen LogP contribution in [-0.4, -0.2) is 12.9 Å². The fourth-order valence-corrected chi connectivity index (χ4v) is 2.26. The molecule has 1 rings (SSSR count). The number of hydrogen-bond donors (Lipinski definition) is 0. The van der Waals surface area contributed by atoms with Crippen molar-refractivity contribution in [1.29, 1.82) is 5.26 Å². The van der Waals surface area contributed by atoms with Gasteiger partial charge >= 0.3 is 0 Å². The number of aryl methyl sites for hydroxylation is 2. The highest BCUT2D eigenvalue weighted by Crippen LogP contribution is 2.33. The summed E-state index contributed by atoms with van der Waals surface area (Å²) in [6.07, 6.45) is 0. The molecule has 0 aliphatic rings. The van der Waals surface area contributed by atoms with E-state index in [-0.39, 0.29) is 0 Å². The zero-order chi connectivity index (χ0) is 10.6. The Hall–Kier alpha value is -1.14. The highest BCUT2D eigenvalue weighted by atomic mass is 32.2. The van der Waals surface area contributed by atoms with E-state index in [1.807, 2.05) is 19.9 Å². The van der Waals surface area contributed by atoms with Crippen LogP contribution >= 0.6 is 11.8 Å². The fourth-order valence-electron chi connectivity index (χ4n) is 1.39. The molecule has 0 amide bonds. The quantitative estimate of drug-likeness (QED) is 0.714. The molecule has 1 aromatic rings. The van der Waals surface area contributed by atoms with Crippen LogP contribution in [0.15, 0.2) is 17.0 Å². The van der Waals surface area contributed by atoms with Crippen LogP contribution in [-0.2, 0) is 0 Å². The summed E-state index contributed by atoms with van der Waals surface area (Å²) < 4.78 is 5.30. The van der Waals surface area contributed by atoms with Crippen LogP contribution < -0.4 is 4.74 Å². The van der Waals surface area contributed by atoms with Crippen molar-refractivity contribution in [2.75, 3.05) is 12.9 Å². The van der Waals surface area contributed by atoms with Crippen LogP contribution in [0.5, 0.6) is 5.75 Å². The molecule has 0 N–H and O–H groups in total. The molecule has 14 heavy (non-hydrogen) atoms. The van der Waals surface area contributed by atoms with E-state index in [2.05, 4.69) is 12.1 Å². The number of nitrogens with zero attached hydrogens (tertiary/aromatic N) is 1. The minimum absolute atomic E-state index is 0.458. The van der Waals surface area contributed by atoms with Crippen LogP contribution in [0.2, 0.25) is 0 Å². The molecular weight excluding hydrogens is 194 g/mol. The van der Waals surface area contributed by atoms with Crippen molar-refractivity contribution in [2.45, 2.75) is 18.7 Å². The third kappa shape index (κ3) is 2.43. The van der Waals surface area contributed by atoms with E-state index in [1.165, 1.54) is 17.3 Å². The molecule has 74 valence electrons. The fraction of sp³-hybridized carbons (Fsp3) is 0.364. The SMILES string of the molecule is COc1c(C)cc(C)cc1SCC#N. The van der Waals surface area contributed by atoms with Gasteiger partial charge in [0.25, 0.3) is 0 Å². The van der Waals surface area contributed by atoms with Crippen molar-refractivity contribution >= 4 is 11.8 Å². The van der Waals surface area contributed by atoms with Crippen LogP contribution in [0, 0.1) is 25.2 Å². The Bertz CT molecular complexity index is 368. The van der Waals surface area contributed by atoms with Crippen molar-refractivity contribution in [3.05, 3.63) is 23.3 Å². The van der Waals surface area contributed by atoms with Crippen LogP contribution in [0.25, 0.3) is 0 Å². The summed E-state index contributed by atoms with van der Waals surface area (Å²) in [6.45, 7) is 4.06. The lowest BCUT2D eigenvalue weighted by Crippen LogP contribution is -1.91. The second kappa shape index (κ2) is 4.92. The standard InChI is InChI=1S/C11H13NOS/c1-8-6-9(2)11(13-3)10(7-8)14-5-4-12/h6-7H,5H2,1-3H3. The highest BCUT2D eigenvalue weighted by molar-refractivity contribution is 7.99. The van der Waals surface area contributed by atoms with E-state index in [1.54, 1.807) is 7.11 Å². The van der Waals surface area contributed by atoms with Gasteiger partial charge in [0.1, 0.15) is 5.75 Å². The molecule has 0 bridgehead atoms. The third-order valence-electron chi connectivity index (χ3n) is 1.88. The first-order chi connectivity index (χ1) is 6.69. The lowest BCUT2D eigenvalue weighted by molar-refractivity contribution is 0.401. The van der Waals surface area contributed by atoms with E-state index < -0.39 is 0 Å². The molecule has 0 radical (unpaired) electrons. The Labute approximate surface area is 88.9 Å². The second-order valence-corrected chi connectivity index (χ2v) is 4.08. The summed E-state index contributed by atoms with van der Waals surface area (Å²) in [5.74, 6) is 1.34. The maximum atomic E-state index is 8.52. The molecule has 0 atom stereocenters. The molecule has 2 nitrogen and oxygen atoms in total. The van der Waals surface area contributed by atoms with Gasteiger partial charge in [-0.1, -0.05) is 6.07 Å². The predicted molar refractivity (Wildman–Crippen MR) is 58.8 cm³/mol. The van der Waals surface area contributed by atoms with Crippen molar-refractivity contribution in [3.8, 4) is 11.8 Å². The van der Waals surface area contributed by atoms with E-state index in [4.69, 9.17) is 10.00 Å². The first-order valence-corrected chi connectivity index (χ1v) is 5.32. The predicted octanol–water partition coefficient (Wildman–Crippen LogP) is 2.93. The highest BCUT2D eigenvalue weighted by Gasteiger charge is 2.07. The Morgan fingerprint density at radius 2 is 2.14 bits per heavy atom. The number of ether oxygens (including phenoxy) is 1. The van der Waals surface area contributed by atoms with E-state index in [9.17, 15) is 0 Å². The maximum Gasteiger partial charge on any atom is 0.135 e. The molecule has 3 heteroatoms. The summed E-state index contributed by atoms with van der Waals surface area (Å²) in [4.78, 5) is 1.05. The minimum atomic E-state index is 0.458. The molecule has 0 saturated carbocycles. The van der Waals surface area contributed by atoms with E-state index >= 15 is 0 Å². The summed E-state index contributed by atoms with van der Waals surface area (Å²) in [5, 5.41) is 8.52. The first-order valence-electron chi connectivity index (χ1n) is 4.34. The third-order valence-corrected chi connectivity index (χ3v) is 2.77. The summed E-state index contributed by atoms with van der Waals surface area (Å²) in [7, 11) is 1.66. The van der Waals surface area contributed by atoms with Gasteiger partial charge in [-0.15, -0.1) is 11.8 Å². The van der Waals surface area contributed by atoms with Gasteiger partial charge < -0.3 is 4.74 Å². The normalized spacial score (nSPS) is 9.57. The molecule has 0 saturated heterocycles. The number of nitriles is 1. The summed E-state index contributed by atoms with van der Waals surface area (Å²) in [6, 6.07) is 6.24. The number of benzene rings is 1. The van der Waals surface area contributed by atoms with Crippen LogP contribution in [0.3, 0.4) is 0 Å². The molecule has 0 fully saturated rings. The summed E-state index contributed by atoms with van der Waals surface area (Å²) in [5.41, 5.74) is 2.32. The van der Waals surface area contributed by atoms with Gasteiger partial charge in [-0.2, -0.15) is 5.26 Å². The zero-order valence-electron chi connectivity index (χ0n) is 8.63. The van der Waals surface area contributed by atoms with Crippen molar-refractivity contribution in [2.24, 2.45) is 0 Å². The second-order valence-electron chi connectivity index (χ2n) is 3.06. The first kappa shape index (κ1) is 10.9. The summed E-state index contributed by atoms with van der Waals surface area (Å²) >= 11 is 1.51. The number of hydrogen-bond acceptors (Lipinski definition) is 3. The van der Waals surface area contributed by atoms with Crippen LogP contribution in [0.1, 0.15) is 11.1 Å². The van der Waals surface area contributed by atoms with Gasteiger partial charge in [-0.25, -0.2) is 0 Å². The molecule has 0 unspecified atom stereocenters. The van der Waals surface area contributed by atoms with Crippen LogP contribution in [0.4, 0.5) is 0 Å². The number of thioether (sulfide) groups is 1. The molecule has 0 heterocycles.